The first-order chi connectivity index (χ1) is 35.4. The fraction of sp³-hybridized carbons (Fsp3) is 0.250. The third-order valence-electron chi connectivity index (χ3n) is 14.5. The van der Waals surface area contributed by atoms with Gasteiger partial charge in [-0.1, -0.05) is 243 Å². The predicted octanol–water partition coefficient (Wildman–Crippen LogP) is 10.5. The monoisotopic (exact) mass is 1080 g/mol. The van der Waals surface area contributed by atoms with Crippen molar-refractivity contribution in [2.45, 2.75) is 102 Å². The van der Waals surface area contributed by atoms with Gasteiger partial charge >= 0.3 is 43.4 Å². The van der Waals surface area contributed by atoms with Crippen LogP contribution in [0.2, 0.25) is 0 Å². The summed E-state index contributed by atoms with van der Waals surface area (Å²) in [6.45, 7) is 2.16. The minimum Gasteiger partial charge on any atom is -2.00 e. The van der Waals surface area contributed by atoms with Crippen LogP contribution >= 0.6 is 0 Å². The average molecular weight is 1080 g/mol. The summed E-state index contributed by atoms with van der Waals surface area (Å²) >= 11 is 0. The Hall–Kier alpha value is -5.85. The first-order valence-electron chi connectivity index (χ1n) is 25.7. The van der Waals surface area contributed by atoms with Crippen LogP contribution in [0.15, 0.2) is 194 Å². The summed E-state index contributed by atoms with van der Waals surface area (Å²) in [6, 6.07) is 63.5. The molecule has 10 rings (SSSR count). The Morgan fingerprint density at radius 2 is 0.474 bits per heavy atom. The Balaban J connectivity index is 0.000000267. The van der Waals surface area contributed by atoms with Crippen molar-refractivity contribution >= 4 is 0 Å². The molecule has 0 aliphatic heterocycles. The zero-order valence-electron chi connectivity index (χ0n) is 42.7. The maximum absolute atomic E-state index is 13.1. The number of benzene rings is 8. The number of hydrogen-bond donors (Lipinski definition) is 4. The van der Waals surface area contributed by atoms with E-state index in [0.29, 0.717) is 26.2 Å². The van der Waals surface area contributed by atoms with Crippen LogP contribution in [0.4, 0.5) is 0 Å². The van der Waals surface area contributed by atoms with Crippen LogP contribution in [0.25, 0.3) is 44.5 Å². The summed E-state index contributed by atoms with van der Waals surface area (Å²) in [5, 5.41) is 67.1. The van der Waals surface area contributed by atoms with Crippen molar-refractivity contribution in [1.82, 2.24) is 21.3 Å². The summed E-state index contributed by atoms with van der Waals surface area (Å²) in [7, 11) is 0. The molecule has 76 heavy (non-hydrogen) atoms. The molecule has 4 atom stereocenters. The summed E-state index contributed by atoms with van der Waals surface area (Å²) in [5.74, 6) is 0.353. The van der Waals surface area contributed by atoms with Crippen LogP contribution in [0.5, 0.6) is 23.0 Å². The molecule has 0 unspecified atom stereocenters. The molecule has 0 amide bonds. The largest absolute Gasteiger partial charge is 4.00 e. The van der Waals surface area contributed by atoms with Gasteiger partial charge in [0.25, 0.3) is 0 Å². The van der Waals surface area contributed by atoms with Gasteiger partial charge < -0.3 is 52.6 Å². The fourth-order valence-electron chi connectivity index (χ4n) is 10.5. The molecule has 8 aromatic rings. The van der Waals surface area contributed by atoms with Crippen molar-refractivity contribution in [2.24, 2.45) is 0 Å². The topological polar surface area (TPSA) is 197 Å². The van der Waals surface area contributed by atoms with Gasteiger partial charge in [0, 0.05) is 50.3 Å². The van der Waals surface area contributed by atoms with E-state index in [9.17, 15) is 20.4 Å². The van der Waals surface area contributed by atoms with Crippen molar-refractivity contribution < 1.29 is 74.8 Å². The third kappa shape index (κ3) is 15.6. The van der Waals surface area contributed by atoms with Gasteiger partial charge in [-0.05, 0) is 92.4 Å². The molecule has 0 spiro atoms. The molecule has 0 saturated heterocycles. The molecule has 4 N–H and O–H groups in total. The van der Waals surface area contributed by atoms with E-state index in [2.05, 4.69) is 21.3 Å². The molecule has 8 aromatic carbocycles. The first kappa shape index (κ1) is 61.0. The third-order valence-corrected chi connectivity index (χ3v) is 14.5. The number of nitrogens with one attached hydrogen (secondary N) is 4. The molecule has 2 aliphatic rings. The van der Waals surface area contributed by atoms with E-state index < -0.39 is 0 Å². The Morgan fingerprint density at radius 3 is 0.671 bits per heavy atom. The van der Waals surface area contributed by atoms with Crippen LogP contribution < -0.4 is 41.7 Å². The maximum atomic E-state index is 13.1. The molecule has 10 nitrogen and oxygen atoms in total. The van der Waals surface area contributed by atoms with Gasteiger partial charge in [0.05, 0.1) is 0 Å². The SMILES string of the molecule is [O-2].[O-2].[O-]c1c(CN[C@@H]2CCCC[C@H]2NCc2cccc(-c3ccccc3)c2[O-])cccc1-c1ccccc1.[O-]c1c(CN[C@@H]2CCCC[C@H]2NCc2cccc(-c3ccccc3)c2[O-])cccc1-c1ccccc1.[Ti+4].[Ti+4]. The van der Waals surface area contributed by atoms with E-state index in [4.69, 9.17) is 0 Å². The number of rotatable bonds is 16. The van der Waals surface area contributed by atoms with Gasteiger partial charge in [-0.3, -0.25) is 0 Å². The molecule has 0 heterocycles. The van der Waals surface area contributed by atoms with E-state index in [1.165, 1.54) is 25.7 Å². The molecular formula is C64H64N4O6Ti2. The first-order valence-corrected chi connectivity index (χ1v) is 25.7. The van der Waals surface area contributed by atoms with E-state index in [1.54, 1.807) is 0 Å². The molecule has 2 fully saturated rings. The fourth-order valence-corrected chi connectivity index (χ4v) is 10.5. The van der Waals surface area contributed by atoms with Gasteiger partial charge in [-0.25, -0.2) is 0 Å². The van der Waals surface area contributed by atoms with Crippen molar-refractivity contribution in [1.29, 1.82) is 0 Å². The molecule has 0 aromatic heterocycles. The summed E-state index contributed by atoms with van der Waals surface area (Å²) in [4.78, 5) is 0. The van der Waals surface area contributed by atoms with E-state index in [-0.39, 0.29) is 102 Å². The van der Waals surface area contributed by atoms with Crippen molar-refractivity contribution in [3.8, 4) is 67.5 Å². The maximum Gasteiger partial charge on any atom is 4.00 e. The Kier molecular flexibility index (Phi) is 24.7. The van der Waals surface area contributed by atoms with Crippen LogP contribution in [0.3, 0.4) is 0 Å². The van der Waals surface area contributed by atoms with Crippen molar-refractivity contribution in [3.63, 3.8) is 0 Å². The second-order valence-electron chi connectivity index (χ2n) is 19.2. The standard InChI is InChI=1S/2C32H34N2O2.2O.2Ti/c2*35-31-25(15-9-17-27(31)23-11-3-1-4-12-23)21-33-29-19-7-8-20-30(29)34-22-26-16-10-18-28(32(26)36)24-13-5-2-6-14-24;;;;/h2*1-6,9-18,29-30,33-36H,7-8,19-22H2;;;;/q;;2*-2;2*+4/p-4/t2*29-,30-;;;;/m11..../s1. The van der Waals surface area contributed by atoms with Crippen LogP contribution in [0.1, 0.15) is 73.6 Å². The van der Waals surface area contributed by atoms with E-state index in [0.717, 1.165) is 92.4 Å². The molecule has 2 aliphatic carbocycles. The molecular weight excluding hydrogens is 1020 g/mol. The van der Waals surface area contributed by atoms with Crippen molar-refractivity contribution in [3.05, 3.63) is 216 Å². The van der Waals surface area contributed by atoms with Gasteiger partial charge in [-0.2, -0.15) is 0 Å². The van der Waals surface area contributed by atoms with Gasteiger partial charge in [0.2, 0.25) is 0 Å². The van der Waals surface area contributed by atoms with Gasteiger partial charge in [0.15, 0.2) is 0 Å². The van der Waals surface area contributed by atoms with Gasteiger partial charge in [-0.15, -0.1) is 0 Å². The Bertz CT molecular complexity index is 2570. The normalized spacial score (nSPS) is 16.7. The summed E-state index contributed by atoms with van der Waals surface area (Å²) in [5.41, 5.74) is 9.95. The van der Waals surface area contributed by atoms with Crippen molar-refractivity contribution in [2.75, 3.05) is 0 Å². The minimum absolute atomic E-state index is 0. The molecule has 0 bridgehead atoms. The summed E-state index contributed by atoms with van der Waals surface area (Å²) < 4.78 is 0. The molecule has 0 radical (unpaired) electrons. The van der Waals surface area contributed by atoms with Crippen LogP contribution in [-0.2, 0) is 80.6 Å². The smallest absolute Gasteiger partial charge is 2.00 e. The Morgan fingerprint density at radius 1 is 0.276 bits per heavy atom. The number of para-hydroxylation sites is 4. The molecule has 12 heteroatoms. The minimum atomic E-state index is 0. The molecule has 384 valence electrons. The average Bonchev–Trinajstić information content (AvgIpc) is 3.43. The van der Waals surface area contributed by atoms with Gasteiger partial charge in [0.1, 0.15) is 0 Å². The van der Waals surface area contributed by atoms with E-state index >= 15 is 0 Å². The second-order valence-corrected chi connectivity index (χ2v) is 19.2. The Labute approximate surface area is 478 Å². The molecule has 2 saturated carbocycles. The predicted molar refractivity (Wildman–Crippen MR) is 286 cm³/mol. The number of hydrogen-bond acceptors (Lipinski definition) is 8. The van der Waals surface area contributed by atoms with Crippen LogP contribution in [-0.4, -0.2) is 24.2 Å². The van der Waals surface area contributed by atoms with E-state index in [1.807, 2.05) is 194 Å². The second kappa shape index (κ2) is 30.8. The quantitative estimate of drug-likeness (QED) is 0.0686. The zero-order valence-corrected chi connectivity index (χ0v) is 45.8. The van der Waals surface area contributed by atoms with Crippen LogP contribution in [0, 0.1) is 0 Å². The summed E-state index contributed by atoms with van der Waals surface area (Å²) in [6.07, 6.45) is 8.88. The zero-order chi connectivity index (χ0) is 49.5.